The van der Waals surface area contributed by atoms with Gasteiger partial charge in [-0.15, -0.1) is 0 Å². The van der Waals surface area contributed by atoms with E-state index in [9.17, 15) is 0 Å². The Morgan fingerprint density at radius 3 is 2.68 bits per heavy atom. The van der Waals surface area contributed by atoms with Crippen LogP contribution in [0.5, 0.6) is 0 Å². The van der Waals surface area contributed by atoms with E-state index < -0.39 is 0 Å². The zero-order valence-electron chi connectivity index (χ0n) is 11.3. The lowest BCUT2D eigenvalue weighted by atomic mass is 10.1. The van der Waals surface area contributed by atoms with E-state index >= 15 is 0 Å². The summed E-state index contributed by atoms with van der Waals surface area (Å²) in [6.07, 6.45) is -0.202. The van der Waals surface area contributed by atoms with Crippen LogP contribution in [-0.2, 0) is 9.47 Å². The first-order valence-electron chi connectivity index (χ1n) is 6.51. The van der Waals surface area contributed by atoms with E-state index in [1.807, 2.05) is 38.1 Å². The van der Waals surface area contributed by atoms with Crippen LogP contribution in [0.25, 0.3) is 10.8 Å². The molecule has 2 nitrogen and oxygen atoms in total. The van der Waals surface area contributed by atoms with Crippen LogP contribution in [0, 0.1) is 11.8 Å². The maximum absolute atomic E-state index is 5.42. The van der Waals surface area contributed by atoms with Crippen molar-refractivity contribution in [3.63, 3.8) is 0 Å². The second-order valence-electron chi connectivity index (χ2n) is 4.16. The van der Waals surface area contributed by atoms with Gasteiger partial charge in [0.1, 0.15) is 6.61 Å². The molecule has 98 valence electrons. The van der Waals surface area contributed by atoms with E-state index in [1.54, 1.807) is 0 Å². The highest BCUT2D eigenvalue weighted by Crippen LogP contribution is 2.17. The fourth-order valence-corrected chi connectivity index (χ4v) is 1.91. The van der Waals surface area contributed by atoms with E-state index in [4.69, 9.17) is 9.47 Å². The van der Waals surface area contributed by atoms with Crippen LogP contribution in [0.1, 0.15) is 19.4 Å². The third-order valence-corrected chi connectivity index (χ3v) is 2.80. The molecule has 2 rings (SSSR count). The summed E-state index contributed by atoms with van der Waals surface area (Å²) in [5.41, 5.74) is 1.03. The Balaban J connectivity index is 2.06. The van der Waals surface area contributed by atoms with Gasteiger partial charge in [0, 0.05) is 12.2 Å². The molecule has 0 spiro atoms. The van der Waals surface area contributed by atoms with Crippen molar-refractivity contribution in [2.75, 3.05) is 13.2 Å². The zero-order valence-corrected chi connectivity index (χ0v) is 11.3. The third-order valence-electron chi connectivity index (χ3n) is 2.80. The number of fused-ring (bicyclic) bond motifs is 1. The molecule has 0 saturated heterocycles. The Bertz CT molecular complexity index is 587. The van der Waals surface area contributed by atoms with Crippen LogP contribution in [0.15, 0.2) is 42.5 Å². The first-order valence-corrected chi connectivity index (χ1v) is 6.51. The summed E-state index contributed by atoms with van der Waals surface area (Å²) in [5.74, 6) is 6.19. The van der Waals surface area contributed by atoms with Gasteiger partial charge >= 0.3 is 0 Å². The van der Waals surface area contributed by atoms with Gasteiger partial charge < -0.3 is 9.47 Å². The molecular formula is C17H18O2. The molecule has 0 fully saturated rings. The molecule has 2 aromatic carbocycles. The fraction of sp³-hybridized carbons (Fsp3) is 0.294. The summed E-state index contributed by atoms with van der Waals surface area (Å²) >= 11 is 0. The molecule has 19 heavy (non-hydrogen) atoms. The molecule has 0 N–H and O–H groups in total. The van der Waals surface area contributed by atoms with Crippen LogP contribution in [0.4, 0.5) is 0 Å². The maximum Gasteiger partial charge on any atom is 0.156 e. The van der Waals surface area contributed by atoms with E-state index in [2.05, 4.69) is 30.0 Å². The SMILES string of the molecule is CCOC(C)OCC#Cc1cccc2ccccc12. The molecule has 1 atom stereocenters. The molecule has 0 aliphatic heterocycles. The average molecular weight is 254 g/mol. The molecule has 0 saturated carbocycles. The first-order chi connectivity index (χ1) is 9.31. The summed E-state index contributed by atoms with van der Waals surface area (Å²) in [7, 11) is 0. The largest absolute Gasteiger partial charge is 0.353 e. The van der Waals surface area contributed by atoms with Crippen molar-refractivity contribution in [2.24, 2.45) is 0 Å². The van der Waals surface area contributed by atoms with Gasteiger partial charge in [-0.2, -0.15) is 0 Å². The highest BCUT2D eigenvalue weighted by molar-refractivity contribution is 5.88. The molecular weight excluding hydrogens is 236 g/mol. The number of ether oxygens (including phenoxy) is 2. The van der Waals surface area contributed by atoms with Gasteiger partial charge in [0.2, 0.25) is 0 Å². The van der Waals surface area contributed by atoms with Crippen molar-refractivity contribution in [1.82, 2.24) is 0 Å². The number of hydrogen-bond acceptors (Lipinski definition) is 2. The van der Waals surface area contributed by atoms with Crippen LogP contribution in [0.3, 0.4) is 0 Å². The molecule has 2 aromatic rings. The van der Waals surface area contributed by atoms with Crippen LogP contribution in [-0.4, -0.2) is 19.5 Å². The Labute approximate surface area is 114 Å². The van der Waals surface area contributed by atoms with Crippen molar-refractivity contribution < 1.29 is 9.47 Å². The Morgan fingerprint density at radius 2 is 1.84 bits per heavy atom. The predicted molar refractivity (Wildman–Crippen MR) is 77.9 cm³/mol. The normalized spacial score (nSPS) is 11.9. The number of hydrogen-bond donors (Lipinski definition) is 0. The van der Waals surface area contributed by atoms with Gasteiger partial charge in [0.25, 0.3) is 0 Å². The quantitative estimate of drug-likeness (QED) is 0.613. The van der Waals surface area contributed by atoms with Gasteiger partial charge in [0.05, 0.1) is 0 Å². The Morgan fingerprint density at radius 1 is 1.05 bits per heavy atom. The lowest BCUT2D eigenvalue weighted by Crippen LogP contribution is -2.12. The average Bonchev–Trinajstić information content (AvgIpc) is 2.44. The minimum absolute atomic E-state index is 0.202. The second-order valence-corrected chi connectivity index (χ2v) is 4.16. The fourth-order valence-electron chi connectivity index (χ4n) is 1.91. The second kappa shape index (κ2) is 6.94. The van der Waals surface area contributed by atoms with Gasteiger partial charge in [-0.3, -0.25) is 0 Å². The molecule has 0 aliphatic rings. The monoisotopic (exact) mass is 254 g/mol. The third kappa shape index (κ3) is 3.82. The summed E-state index contributed by atoms with van der Waals surface area (Å²) in [6.45, 7) is 4.85. The van der Waals surface area contributed by atoms with E-state index in [-0.39, 0.29) is 6.29 Å². The Kier molecular flexibility index (Phi) is 4.97. The lowest BCUT2D eigenvalue weighted by Gasteiger charge is -2.09. The topological polar surface area (TPSA) is 18.5 Å². The summed E-state index contributed by atoms with van der Waals surface area (Å²) in [5, 5.41) is 2.38. The Hall–Kier alpha value is -1.82. The van der Waals surface area contributed by atoms with Gasteiger partial charge in [-0.25, -0.2) is 0 Å². The first kappa shape index (κ1) is 13.6. The smallest absolute Gasteiger partial charge is 0.156 e. The molecule has 1 unspecified atom stereocenters. The number of rotatable bonds is 4. The van der Waals surface area contributed by atoms with E-state index in [1.165, 1.54) is 10.8 Å². The molecule has 0 heterocycles. The van der Waals surface area contributed by atoms with Crippen molar-refractivity contribution in [1.29, 1.82) is 0 Å². The van der Waals surface area contributed by atoms with Crippen molar-refractivity contribution >= 4 is 10.8 Å². The number of benzene rings is 2. The molecule has 0 amide bonds. The minimum atomic E-state index is -0.202. The van der Waals surface area contributed by atoms with Gasteiger partial charge in [0.15, 0.2) is 6.29 Å². The van der Waals surface area contributed by atoms with Crippen molar-refractivity contribution in [3.8, 4) is 11.8 Å². The molecule has 0 aliphatic carbocycles. The van der Waals surface area contributed by atoms with E-state index in [0.29, 0.717) is 13.2 Å². The minimum Gasteiger partial charge on any atom is -0.353 e. The molecule has 0 bridgehead atoms. The van der Waals surface area contributed by atoms with Gasteiger partial charge in [-0.1, -0.05) is 48.2 Å². The standard InChI is InChI=1S/C17H18O2/c1-3-18-14(2)19-13-7-11-16-10-6-9-15-8-4-5-12-17(15)16/h4-6,8-10,12,14H,3,13H2,1-2H3. The lowest BCUT2D eigenvalue weighted by molar-refractivity contribution is -0.117. The van der Waals surface area contributed by atoms with E-state index in [0.717, 1.165) is 5.56 Å². The summed E-state index contributed by atoms with van der Waals surface area (Å²) in [6, 6.07) is 14.4. The molecule has 0 aromatic heterocycles. The summed E-state index contributed by atoms with van der Waals surface area (Å²) in [4.78, 5) is 0. The predicted octanol–water partition coefficient (Wildman–Crippen LogP) is 3.59. The van der Waals surface area contributed by atoms with Crippen LogP contribution in [0.2, 0.25) is 0 Å². The van der Waals surface area contributed by atoms with Crippen LogP contribution < -0.4 is 0 Å². The summed E-state index contributed by atoms with van der Waals surface area (Å²) < 4.78 is 10.7. The van der Waals surface area contributed by atoms with Crippen molar-refractivity contribution in [3.05, 3.63) is 48.0 Å². The van der Waals surface area contributed by atoms with Crippen LogP contribution >= 0.6 is 0 Å². The molecule has 2 heteroatoms. The van der Waals surface area contributed by atoms with Gasteiger partial charge in [-0.05, 0) is 30.7 Å². The highest BCUT2D eigenvalue weighted by atomic mass is 16.7. The zero-order chi connectivity index (χ0) is 13.5. The van der Waals surface area contributed by atoms with Crippen molar-refractivity contribution in [2.45, 2.75) is 20.1 Å². The highest BCUT2D eigenvalue weighted by Gasteiger charge is 1.98. The molecule has 0 radical (unpaired) electrons. The maximum atomic E-state index is 5.42.